The fourth-order valence-electron chi connectivity index (χ4n) is 7.87. The van der Waals surface area contributed by atoms with Gasteiger partial charge in [0.15, 0.2) is 12.4 Å². The van der Waals surface area contributed by atoms with E-state index in [0.717, 1.165) is 64.2 Å². The van der Waals surface area contributed by atoms with Crippen LogP contribution >= 0.6 is 0 Å². The highest BCUT2D eigenvalue weighted by Gasteiger charge is 2.44. The molecule has 10 heteroatoms. The second-order valence-electron chi connectivity index (χ2n) is 18.3. The van der Waals surface area contributed by atoms with Crippen molar-refractivity contribution in [3.05, 3.63) is 72.9 Å². The number of rotatable bonds is 45. The van der Waals surface area contributed by atoms with Crippen molar-refractivity contribution < 1.29 is 49.0 Å². The third kappa shape index (κ3) is 37.7. The lowest BCUT2D eigenvalue weighted by atomic mass is 9.99. The summed E-state index contributed by atoms with van der Waals surface area (Å²) in [7, 11) is 0. The average Bonchev–Trinajstić information content (AvgIpc) is 3.33. The minimum absolute atomic E-state index is 0.183. The van der Waals surface area contributed by atoms with Gasteiger partial charge in [-0.2, -0.15) is 0 Å². The summed E-state index contributed by atoms with van der Waals surface area (Å²) in [5.74, 6) is -0.880. The molecule has 6 atom stereocenters. The normalized spacial score (nSPS) is 19.6. The van der Waals surface area contributed by atoms with Gasteiger partial charge in [0.2, 0.25) is 0 Å². The zero-order chi connectivity index (χ0) is 48.7. The van der Waals surface area contributed by atoms with Crippen LogP contribution in [0.5, 0.6) is 0 Å². The first-order valence-corrected chi connectivity index (χ1v) is 27.0. The van der Waals surface area contributed by atoms with Crippen LogP contribution in [0.2, 0.25) is 0 Å². The van der Waals surface area contributed by atoms with Gasteiger partial charge in [0.1, 0.15) is 31.0 Å². The number of hydrogen-bond donors (Lipinski definition) is 4. The summed E-state index contributed by atoms with van der Waals surface area (Å²) in [5.41, 5.74) is 0. The highest BCUT2D eigenvalue weighted by Crippen LogP contribution is 2.23. The number of hydrogen-bond acceptors (Lipinski definition) is 10. The molecule has 1 rings (SSSR count). The number of aliphatic hydroxyl groups is 4. The van der Waals surface area contributed by atoms with Crippen molar-refractivity contribution in [2.45, 2.75) is 256 Å². The van der Waals surface area contributed by atoms with Crippen LogP contribution in [0.25, 0.3) is 0 Å². The van der Waals surface area contributed by atoms with Gasteiger partial charge >= 0.3 is 11.9 Å². The van der Waals surface area contributed by atoms with Gasteiger partial charge in [0.25, 0.3) is 0 Å². The topological polar surface area (TPSA) is 152 Å². The lowest BCUT2D eigenvalue weighted by Crippen LogP contribution is -2.59. The van der Waals surface area contributed by atoms with Crippen LogP contribution in [-0.2, 0) is 28.5 Å². The Kier molecular flexibility index (Phi) is 43.5. The first-order chi connectivity index (χ1) is 32.8. The molecule has 1 aliphatic rings. The number of carbonyl (C=O) groups excluding carboxylic acids is 2. The van der Waals surface area contributed by atoms with Crippen molar-refractivity contribution in [1.29, 1.82) is 0 Å². The Morgan fingerprint density at radius 2 is 0.896 bits per heavy atom. The SMILES string of the molecule is CC/C=C/C/C=C/C/C=C/C/C=C/C/C=C/CCCCCC(=O)O[C@@H](COC(=O)CCC/C=C/CCCCCCCCCCCCCCCCCCCC)CO[C@H]1O[C@@H](CO)[C@@H](O)C(O)C1O. The molecule has 0 aromatic rings. The van der Waals surface area contributed by atoms with E-state index in [-0.39, 0.29) is 26.1 Å². The lowest BCUT2D eigenvalue weighted by Gasteiger charge is -2.39. The summed E-state index contributed by atoms with van der Waals surface area (Å²) < 4.78 is 22.2. The Hall–Kier alpha value is -2.86. The van der Waals surface area contributed by atoms with Gasteiger partial charge in [-0.1, -0.05) is 202 Å². The van der Waals surface area contributed by atoms with Crippen molar-refractivity contribution in [2.75, 3.05) is 19.8 Å². The van der Waals surface area contributed by atoms with Gasteiger partial charge < -0.3 is 39.4 Å². The molecule has 1 heterocycles. The molecular weight excluding hydrogens is 845 g/mol. The van der Waals surface area contributed by atoms with Crippen LogP contribution in [0.4, 0.5) is 0 Å². The van der Waals surface area contributed by atoms with E-state index in [1.165, 1.54) is 116 Å². The zero-order valence-electron chi connectivity index (χ0n) is 42.4. The Bertz CT molecular complexity index is 1320. The van der Waals surface area contributed by atoms with Crippen molar-refractivity contribution in [3.8, 4) is 0 Å². The summed E-state index contributed by atoms with van der Waals surface area (Å²) in [4.78, 5) is 25.5. The van der Waals surface area contributed by atoms with E-state index in [0.29, 0.717) is 12.8 Å². The van der Waals surface area contributed by atoms with Crippen LogP contribution in [0.15, 0.2) is 72.9 Å². The second kappa shape index (κ2) is 46.8. The van der Waals surface area contributed by atoms with Crippen molar-refractivity contribution >= 4 is 11.9 Å². The molecule has 4 N–H and O–H groups in total. The van der Waals surface area contributed by atoms with Crippen molar-refractivity contribution in [3.63, 3.8) is 0 Å². The Labute approximate surface area is 408 Å². The minimum Gasteiger partial charge on any atom is -0.462 e. The molecule has 0 aromatic heterocycles. The summed E-state index contributed by atoms with van der Waals surface area (Å²) >= 11 is 0. The number of carbonyl (C=O) groups is 2. The van der Waals surface area contributed by atoms with Gasteiger partial charge in [-0.05, 0) is 77.0 Å². The fraction of sp³-hybridized carbons (Fsp3) is 0.754. The largest absolute Gasteiger partial charge is 0.462 e. The highest BCUT2D eigenvalue weighted by molar-refractivity contribution is 5.70. The maximum Gasteiger partial charge on any atom is 0.306 e. The quantitative estimate of drug-likeness (QED) is 0.0264. The molecule has 1 saturated heterocycles. The summed E-state index contributed by atoms with van der Waals surface area (Å²) in [6.45, 7) is 3.27. The third-order valence-corrected chi connectivity index (χ3v) is 12.1. The zero-order valence-corrected chi connectivity index (χ0v) is 42.4. The predicted octanol–water partition coefficient (Wildman–Crippen LogP) is 13.1. The van der Waals surface area contributed by atoms with Gasteiger partial charge in [0, 0.05) is 12.8 Å². The number of ether oxygens (including phenoxy) is 4. The van der Waals surface area contributed by atoms with E-state index in [1.54, 1.807) is 0 Å². The second-order valence-corrected chi connectivity index (χ2v) is 18.3. The minimum atomic E-state index is -1.61. The number of unbranched alkanes of at least 4 members (excludes halogenated alkanes) is 22. The van der Waals surface area contributed by atoms with E-state index in [4.69, 9.17) is 18.9 Å². The molecule has 0 aromatic carbocycles. The number of allylic oxidation sites excluding steroid dienone is 12. The molecule has 0 saturated carbocycles. The van der Waals surface area contributed by atoms with Gasteiger partial charge in [-0.15, -0.1) is 0 Å². The van der Waals surface area contributed by atoms with Crippen LogP contribution in [-0.4, -0.2) is 89.0 Å². The third-order valence-electron chi connectivity index (χ3n) is 12.1. The fourth-order valence-corrected chi connectivity index (χ4v) is 7.87. The first-order valence-electron chi connectivity index (χ1n) is 27.0. The summed E-state index contributed by atoms with van der Waals surface area (Å²) in [5, 5.41) is 40.2. The first kappa shape index (κ1) is 62.2. The average molecular weight is 943 g/mol. The highest BCUT2D eigenvalue weighted by atomic mass is 16.7. The van der Waals surface area contributed by atoms with Crippen molar-refractivity contribution in [2.24, 2.45) is 0 Å². The van der Waals surface area contributed by atoms with Crippen LogP contribution in [0, 0.1) is 0 Å². The van der Waals surface area contributed by atoms with Crippen LogP contribution in [0.3, 0.4) is 0 Å². The van der Waals surface area contributed by atoms with Crippen molar-refractivity contribution in [1.82, 2.24) is 0 Å². The Morgan fingerprint density at radius 1 is 0.478 bits per heavy atom. The number of esters is 2. The maximum atomic E-state index is 12.8. The molecular formula is C57H98O10. The molecule has 0 amide bonds. The molecule has 0 aliphatic carbocycles. The van der Waals surface area contributed by atoms with E-state index < -0.39 is 55.4 Å². The molecule has 1 fully saturated rings. The maximum absolute atomic E-state index is 12.8. The van der Waals surface area contributed by atoms with E-state index in [1.807, 2.05) is 0 Å². The molecule has 0 spiro atoms. The summed E-state index contributed by atoms with van der Waals surface area (Å²) in [6.07, 6.45) is 53.6. The predicted molar refractivity (Wildman–Crippen MR) is 274 cm³/mol. The molecule has 67 heavy (non-hydrogen) atoms. The standard InChI is InChI=1S/C57H98O10/c1-3-5-7-9-11-13-15-17-19-21-23-24-25-26-28-29-31-33-35-37-39-41-43-45-52(59)64-48-50(49-65-57-56(63)55(62)54(61)51(47-58)67-57)66-53(60)46-44-42-40-38-36-34-32-30-27-22-20-18-16-14-12-10-8-6-4-2/h6,8,12,14,18,20,27,30,34,36-37,39,50-51,54-58,61-63H,3-5,7,9-11,13,15-17,19,21-26,28-29,31-33,35,38,40-49H2,1-2H3/b8-6+,14-12+,20-18+,30-27+,36-34+,39-37+/t50-,51-,54+,55?,56?,57-/m0/s1. The molecule has 10 nitrogen and oxygen atoms in total. The van der Waals surface area contributed by atoms with Crippen LogP contribution < -0.4 is 0 Å². The molecule has 0 radical (unpaired) electrons. The molecule has 1 aliphatic heterocycles. The van der Waals surface area contributed by atoms with Crippen LogP contribution in [0.1, 0.15) is 219 Å². The Morgan fingerprint density at radius 3 is 1.39 bits per heavy atom. The molecule has 0 bridgehead atoms. The lowest BCUT2D eigenvalue weighted by molar-refractivity contribution is -0.305. The molecule has 386 valence electrons. The van der Waals surface area contributed by atoms with E-state index in [2.05, 4.69) is 86.8 Å². The van der Waals surface area contributed by atoms with E-state index >= 15 is 0 Å². The van der Waals surface area contributed by atoms with Gasteiger partial charge in [-0.3, -0.25) is 9.59 Å². The Balaban J connectivity index is 2.27. The smallest absolute Gasteiger partial charge is 0.306 e. The molecule has 2 unspecified atom stereocenters. The summed E-state index contributed by atoms with van der Waals surface area (Å²) in [6, 6.07) is 0. The van der Waals surface area contributed by atoms with Gasteiger partial charge in [0.05, 0.1) is 13.2 Å². The van der Waals surface area contributed by atoms with Gasteiger partial charge in [-0.25, -0.2) is 0 Å². The monoisotopic (exact) mass is 943 g/mol. The van der Waals surface area contributed by atoms with E-state index in [9.17, 15) is 30.0 Å². The number of aliphatic hydroxyl groups excluding tert-OH is 4.